The molecule has 1 saturated heterocycles. The minimum atomic E-state index is -0.732. The van der Waals surface area contributed by atoms with Gasteiger partial charge in [-0.25, -0.2) is 0 Å². The first-order valence-electron chi connectivity index (χ1n) is 16.2. The van der Waals surface area contributed by atoms with E-state index in [0.717, 1.165) is 25.7 Å². The molecule has 6 atom stereocenters. The van der Waals surface area contributed by atoms with Gasteiger partial charge in [0.1, 0.15) is 6.10 Å². The zero-order valence-electron chi connectivity index (χ0n) is 25.7. The quantitative estimate of drug-likeness (QED) is 0.203. The number of ether oxygens (including phenoxy) is 2. The topological polar surface area (TPSA) is 18.5 Å². The molecule has 0 N–H and O–H groups in total. The zero-order valence-corrected chi connectivity index (χ0v) is 27.5. The van der Waals surface area contributed by atoms with Crippen molar-refractivity contribution >= 4 is 37.1 Å². The molecule has 0 amide bonds. The zero-order chi connectivity index (χ0) is 29.9. The number of allylic oxidation sites excluding steroid dienone is 3. The third-order valence-corrected chi connectivity index (χ3v) is 15.1. The lowest BCUT2D eigenvalue weighted by Crippen LogP contribution is -2.48. The van der Waals surface area contributed by atoms with Gasteiger partial charge in [-0.1, -0.05) is 127 Å². The van der Waals surface area contributed by atoms with Crippen LogP contribution < -0.4 is 21.2 Å². The summed E-state index contributed by atoms with van der Waals surface area (Å²) < 4.78 is 14.0. The summed E-state index contributed by atoms with van der Waals surface area (Å²) in [6, 6.07) is 45.0. The highest BCUT2D eigenvalue weighted by Crippen LogP contribution is 2.60. The van der Waals surface area contributed by atoms with Crippen molar-refractivity contribution in [3.05, 3.63) is 145 Å². The van der Waals surface area contributed by atoms with Crippen molar-refractivity contribution in [3.8, 4) is 0 Å². The van der Waals surface area contributed by atoms with Gasteiger partial charge in [0, 0.05) is 11.8 Å². The molecule has 0 unspecified atom stereocenters. The van der Waals surface area contributed by atoms with Gasteiger partial charge in [-0.3, -0.25) is 0 Å². The van der Waals surface area contributed by atoms with Gasteiger partial charge in [0.15, 0.2) is 0 Å². The second-order valence-corrected chi connectivity index (χ2v) is 16.9. The number of hydrogen-bond acceptors (Lipinski definition) is 2. The van der Waals surface area contributed by atoms with Gasteiger partial charge in [-0.2, -0.15) is 0 Å². The predicted octanol–water partition coefficient (Wildman–Crippen LogP) is 8.40. The molecular weight excluding hydrogens is 574 g/mol. The molecule has 44 heavy (non-hydrogen) atoms. The Bertz CT molecular complexity index is 1490. The van der Waals surface area contributed by atoms with E-state index in [-0.39, 0.29) is 30.1 Å². The van der Waals surface area contributed by atoms with Crippen LogP contribution in [-0.4, -0.2) is 24.0 Å². The molecule has 224 valence electrons. The Morgan fingerprint density at radius 1 is 0.545 bits per heavy atom. The van der Waals surface area contributed by atoms with Crippen molar-refractivity contribution in [3.63, 3.8) is 0 Å². The van der Waals surface area contributed by atoms with Gasteiger partial charge in [-0.15, -0.1) is 0 Å². The standard InChI is InChI=1S/C40H42O2P2/c1-29-30(2)42-36-26-16-28-38(44(33-21-11-5-12-22-33)34-23-13-6-14-24-34)40(36)39-35(41-29)25-15-27-37(39)43(31-17-7-3-8-18-31)32-19-9-4-10-20-32/h3-14,17-25,28-30,36-37,39-40H,15-16,26-27H2,1-2H3/t29-,30-,36+,37+,39-,40+/m0/s1. The summed E-state index contributed by atoms with van der Waals surface area (Å²) in [7, 11) is -1.37. The van der Waals surface area contributed by atoms with Crippen molar-refractivity contribution in [1.29, 1.82) is 0 Å². The molecule has 1 heterocycles. The minimum Gasteiger partial charge on any atom is -0.492 e. The maximum atomic E-state index is 7.07. The molecule has 0 aromatic heterocycles. The van der Waals surface area contributed by atoms with Crippen LogP contribution in [-0.2, 0) is 9.47 Å². The van der Waals surface area contributed by atoms with Crippen molar-refractivity contribution in [2.24, 2.45) is 11.8 Å². The second-order valence-electron chi connectivity index (χ2n) is 12.3. The minimum absolute atomic E-state index is 0.0160. The van der Waals surface area contributed by atoms with E-state index in [1.165, 1.54) is 27.0 Å². The molecule has 2 aliphatic carbocycles. The van der Waals surface area contributed by atoms with Crippen molar-refractivity contribution in [2.75, 3.05) is 0 Å². The summed E-state index contributed by atoms with van der Waals surface area (Å²) >= 11 is 0. The number of hydrogen-bond donors (Lipinski definition) is 0. The SMILES string of the molecule is C[C@@H]1OC2=CCC[C@@H](P(c3ccccc3)c3ccccc3)[C@H]2[C@H]2C(P(c3ccccc3)c3ccccc3)=CCC[C@H]2O[C@H]1C. The molecule has 0 radical (unpaired) electrons. The number of rotatable bonds is 6. The average Bonchev–Trinajstić information content (AvgIpc) is 3.07. The van der Waals surface area contributed by atoms with E-state index in [4.69, 9.17) is 9.47 Å². The Kier molecular flexibility index (Phi) is 9.13. The molecule has 4 aromatic carbocycles. The van der Waals surface area contributed by atoms with Crippen LogP contribution in [0.3, 0.4) is 0 Å². The Labute approximate surface area is 265 Å². The summed E-state index contributed by atoms with van der Waals surface area (Å²) in [5.41, 5.74) is 0.441. The van der Waals surface area contributed by atoms with Crippen molar-refractivity contribution < 1.29 is 9.47 Å². The van der Waals surface area contributed by atoms with Crippen LogP contribution in [0.4, 0.5) is 0 Å². The fraction of sp³-hybridized carbons (Fsp3) is 0.300. The molecule has 0 spiro atoms. The van der Waals surface area contributed by atoms with E-state index in [1.807, 2.05) is 0 Å². The van der Waals surface area contributed by atoms with Gasteiger partial charge in [0.05, 0.1) is 18.0 Å². The molecule has 0 bridgehead atoms. The lowest BCUT2D eigenvalue weighted by atomic mass is 9.75. The lowest BCUT2D eigenvalue weighted by Gasteiger charge is -2.50. The molecular formula is C40H42O2P2. The summed E-state index contributed by atoms with van der Waals surface area (Å²) in [5, 5.41) is 7.30. The first kappa shape index (κ1) is 29.7. The van der Waals surface area contributed by atoms with Crippen molar-refractivity contribution in [2.45, 2.75) is 63.5 Å². The third kappa shape index (κ3) is 5.98. The fourth-order valence-corrected chi connectivity index (χ4v) is 13.3. The van der Waals surface area contributed by atoms with Crippen molar-refractivity contribution in [1.82, 2.24) is 0 Å². The van der Waals surface area contributed by atoms with E-state index < -0.39 is 15.8 Å². The van der Waals surface area contributed by atoms with Crippen LogP contribution in [0.15, 0.2) is 145 Å². The molecule has 3 aliphatic rings. The van der Waals surface area contributed by atoms with E-state index >= 15 is 0 Å². The van der Waals surface area contributed by atoms with Gasteiger partial charge in [-0.05, 0) is 93.6 Å². The smallest absolute Gasteiger partial charge is 0.121 e. The average molecular weight is 617 g/mol. The molecule has 0 saturated carbocycles. The van der Waals surface area contributed by atoms with Crippen LogP contribution in [0.25, 0.3) is 0 Å². The van der Waals surface area contributed by atoms with Crippen LogP contribution in [0, 0.1) is 11.8 Å². The summed E-state index contributed by atoms with van der Waals surface area (Å²) in [6.07, 6.45) is 9.57. The van der Waals surface area contributed by atoms with E-state index in [9.17, 15) is 0 Å². The Morgan fingerprint density at radius 2 is 1.05 bits per heavy atom. The normalized spacial score (nSPS) is 26.8. The Balaban J connectivity index is 1.42. The number of benzene rings is 4. The Morgan fingerprint density at radius 3 is 1.59 bits per heavy atom. The molecule has 4 aromatic rings. The number of fused-ring (bicyclic) bond motifs is 3. The summed E-state index contributed by atoms with van der Waals surface area (Å²) in [5.74, 6) is 1.71. The van der Waals surface area contributed by atoms with Crippen LogP contribution in [0.1, 0.15) is 39.5 Å². The van der Waals surface area contributed by atoms with Crippen LogP contribution in [0.2, 0.25) is 0 Å². The largest absolute Gasteiger partial charge is 0.492 e. The first-order valence-corrected chi connectivity index (χ1v) is 19.0. The monoisotopic (exact) mass is 616 g/mol. The van der Waals surface area contributed by atoms with Crippen LogP contribution in [0.5, 0.6) is 0 Å². The lowest BCUT2D eigenvalue weighted by molar-refractivity contribution is -0.121. The van der Waals surface area contributed by atoms with Crippen LogP contribution >= 0.6 is 15.8 Å². The Hall–Kier alpha value is -3.02. The molecule has 1 fully saturated rings. The highest BCUT2D eigenvalue weighted by molar-refractivity contribution is 7.76. The third-order valence-electron chi connectivity index (χ3n) is 9.54. The van der Waals surface area contributed by atoms with Gasteiger partial charge >= 0.3 is 0 Å². The second kappa shape index (κ2) is 13.5. The molecule has 2 nitrogen and oxygen atoms in total. The van der Waals surface area contributed by atoms with E-state index in [0.29, 0.717) is 5.66 Å². The predicted molar refractivity (Wildman–Crippen MR) is 188 cm³/mol. The maximum absolute atomic E-state index is 7.07. The molecule has 7 rings (SSSR count). The van der Waals surface area contributed by atoms with E-state index in [2.05, 4.69) is 147 Å². The van der Waals surface area contributed by atoms with Gasteiger partial charge in [0.2, 0.25) is 0 Å². The van der Waals surface area contributed by atoms with E-state index in [1.54, 1.807) is 5.31 Å². The molecule has 4 heteroatoms. The highest BCUT2D eigenvalue weighted by atomic mass is 31.1. The first-order chi connectivity index (χ1) is 21.7. The van der Waals surface area contributed by atoms with Gasteiger partial charge < -0.3 is 9.47 Å². The summed E-state index contributed by atoms with van der Waals surface area (Å²) in [4.78, 5) is 0. The fourth-order valence-electron chi connectivity index (χ4n) is 7.45. The maximum Gasteiger partial charge on any atom is 0.121 e. The summed E-state index contributed by atoms with van der Waals surface area (Å²) in [6.45, 7) is 4.41. The van der Waals surface area contributed by atoms with Gasteiger partial charge in [0.25, 0.3) is 0 Å². The molecule has 1 aliphatic heterocycles. The highest BCUT2D eigenvalue weighted by Gasteiger charge is 2.49.